The van der Waals surface area contributed by atoms with Crippen LogP contribution in [0.5, 0.6) is 5.75 Å². The molecule has 128 valence electrons. The first kappa shape index (κ1) is 18.0. The van der Waals surface area contributed by atoms with Gasteiger partial charge in [-0.1, -0.05) is 0 Å². The molecule has 2 saturated heterocycles. The van der Waals surface area contributed by atoms with Crippen molar-refractivity contribution in [2.24, 2.45) is 0 Å². The Morgan fingerprint density at radius 3 is 2.65 bits per heavy atom. The zero-order valence-electron chi connectivity index (χ0n) is 13.5. The average Bonchev–Trinajstić information content (AvgIpc) is 2.80. The minimum atomic E-state index is 0. The van der Waals surface area contributed by atoms with Crippen LogP contribution in [-0.4, -0.2) is 56.3 Å². The lowest BCUT2D eigenvalue weighted by molar-refractivity contribution is 0.0680. The van der Waals surface area contributed by atoms with Gasteiger partial charge in [0.05, 0.1) is 6.61 Å². The highest BCUT2D eigenvalue weighted by Gasteiger charge is 2.38. The van der Waals surface area contributed by atoms with Gasteiger partial charge >= 0.3 is 0 Å². The average molecular weight is 341 g/mol. The molecule has 1 aromatic carbocycles. The molecule has 3 rings (SSSR count). The van der Waals surface area contributed by atoms with E-state index in [9.17, 15) is 4.79 Å². The molecule has 5 nitrogen and oxygen atoms in total. The largest absolute Gasteiger partial charge is 0.491 e. The number of hydrogen-bond donors (Lipinski definition) is 1. The number of ether oxygens (including phenoxy) is 2. The monoisotopic (exact) mass is 340 g/mol. The summed E-state index contributed by atoms with van der Waals surface area (Å²) in [5, 5.41) is 3.43. The van der Waals surface area contributed by atoms with Crippen LogP contribution in [0.2, 0.25) is 0 Å². The Morgan fingerprint density at radius 2 is 1.91 bits per heavy atom. The Balaban J connectivity index is 0.00000192. The molecule has 2 aliphatic rings. The van der Waals surface area contributed by atoms with Crippen molar-refractivity contribution in [3.05, 3.63) is 29.8 Å². The van der Waals surface area contributed by atoms with E-state index in [4.69, 9.17) is 9.47 Å². The number of rotatable bonds is 5. The molecular weight excluding hydrogens is 316 g/mol. The van der Waals surface area contributed by atoms with Crippen LogP contribution in [0.1, 0.15) is 29.6 Å². The van der Waals surface area contributed by atoms with Crippen LogP contribution in [0, 0.1) is 0 Å². The van der Waals surface area contributed by atoms with E-state index < -0.39 is 0 Å². The summed E-state index contributed by atoms with van der Waals surface area (Å²) in [4.78, 5) is 14.9. The molecule has 0 aliphatic carbocycles. The molecule has 2 unspecified atom stereocenters. The van der Waals surface area contributed by atoms with Gasteiger partial charge in [-0.25, -0.2) is 0 Å². The maximum absolute atomic E-state index is 12.8. The Bertz CT molecular complexity index is 495. The molecule has 0 saturated carbocycles. The van der Waals surface area contributed by atoms with Crippen LogP contribution in [0.25, 0.3) is 0 Å². The maximum atomic E-state index is 12.8. The third-order valence-corrected chi connectivity index (χ3v) is 4.55. The Hall–Kier alpha value is -1.30. The summed E-state index contributed by atoms with van der Waals surface area (Å²) in [5.41, 5.74) is 0.748. The predicted octanol–water partition coefficient (Wildman–Crippen LogP) is 2.10. The van der Waals surface area contributed by atoms with Crippen molar-refractivity contribution < 1.29 is 14.3 Å². The number of fused-ring (bicyclic) bond motifs is 2. The number of amides is 1. The molecule has 0 aromatic heterocycles. The van der Waals surface area contributed by atoms with Crippen molar-refractivity contribution in [2.75, 3.05) is 33.4 Å². The maximum Gasteiger partial charge on any atom is 0.254 e. The number of halogens is 1. The van der Waals surface area contributed by atoms with E-state index in [0.29, 0.717) is 25.3 Å². The van der Waals surface area contributed by atoms with Gasteiger partial charge in [0.15, 0.2) is 0 Å². The highest BCUT2D eigenvalue weighted by Crippen LogP contribution is 2.29. The molecule has 6 heteroatoms. The SMILES string of the molecule is COCCOc1ccc(C(=O)N2C3CCNCC2CC3)cc1.Cl. The topological polar surface area (TPSA) is 50.8 Å². The van der Waals surface area contributed by atoms with E-state index in [-0.39, 0.29) is 18.3 Å². The number of benzene rings is 1. The van der Waals surface area contributed by atoms with E-state index in [1.54, 1.807) is 7.11 Å². The fourth-order valence-corrected chi connectivity index (χ4v) is 3.40. The second kappa shape index (κ2) is 8.52. The number of methoxy groups -OCH3 is 1. The quantitative estimate of drug-likeness (QED) is 0.834. The number of carbonyl (C=O) groups is 1. The zero-order chi connectivity index (χ0) is 15.4. The summed E-state index contributed by atoms with van der Waals surface area (Å²) in [6, 6.07) is 8.19. The predicted molar refractivity (Wildman–Crippen MR) is 91.5 cm³/mol. The Morgan fingerprint density at radius 1 is 1.17 bits per heavy atom. The molecule has 1 aromatic rings. The zero-order valence-corrected chi connectivity index (χ0v) is 14.3. The molecule has 1 N–H and O–H groups in total. The molecular formula is C17H25ClN2O3. The van der Waals surface area contributed by atoms with Crippen LogP contribution in [0.15, 0.2) is 24.3 Å². The molecule has 2 heterocycles. The number of carbonyl (C=O) groups excluding carboxylic acids is 1. The van der Waals surface area contributed by atoms with Crippen LogP contribution in [0.3, 0.4) is 0 Å². The lowest BCUT2D eigenvalue weighted by Crippen LogP contribution is -2.42. The van der Waals surface area contributed by atoms with Gasteiger partial charge in [0.1, 0.15) is 12.4 Å². The van der Waals surface area contributed by atoms with Crippen molar-refractivity contribution in [3.63, 3.8) is 0 Å². The first-order chi connectivity index (χ1) is 10.8. The lowest BCUT2D eigenvalue weighted by Gasteiger charge is -2.28. The molecule has 1 amide bonds. The molecule has 2 atom stereocenters. The van der Waals surface area contributed by atoms with Crippen LogP contribution < -0.4 is 10.1 Å². The lowest BCUT2D eigenvalue weighted by atomic mass is 10.1. The fraction of sp³-hybridized carbons (Fsp3) is 0.588. The smallest absolute Gasteiger partial charge is 0.254 e. The third-order valence-electron chi connectivity index (χ3n) is 4.55. The second-order valence-electron chi connectivity index (χ2n) is 5.96. The normalized spacial score (nSPS) is 23.1. The van der Waals surface area contributed by atoms with Crippen LogP contribution >= 0.6 is 12.4 Å². The van der Waals surface area contributed by atoms with Gasteiger partial charge in [0.25, 0.3) is 5.91 Å². The van der Waals surface area contributed by atoms with Crippen LogP contribution in [-0.2, 0) is 4.74 Å². The number of nitrogens with zero attached hydrogens (tertiary/aromatic N) is 1. The fourth-order valence-electron chi connectivity index (χ4n) is 3.40. The molecule has 2 bridgehead atoms. The van der Waals surface area contributed by atoms with E-state index in [0.717, 1.165) is 43.7 Å². The highest BCUT2D eigenvalue weighted by atomic mass is 35.5. The standard InChI is InChI=1S/C17H24N2O3.ClH/c1-21-10-11-22-16-6-2-13(3-7-16)17(20)19-14-4-5-15(19)12-18-9-8-14;/h2-3,6-7,14-15,18H,4-5,8-12H2,1H3;1H. The minimum absolute atomic E-state index is 0. The van der Waals surface area contributed by atoms with Gasteiger partial charge in [-0.3, -0.25) is 4.79 Å². The second-order valence-corrected chi connectivity index (χ2v) is 5.96. The Labute approximate surface area is 143 Å². The van der Waals surface area contributed by atoms with Crippen molar-refractivity contribution in [3.8, 4) is 5.75 Å². The summed E-state index contributed by atoms with van der Waals surface area (Å²) < 4.78 is 10.5. The highest BCUT2D eigenvalue weighted by molar-refractivity contribution is 5.95. The van der Waals surface area contributed by atoms with Crippen molar-refractivity contribution in [1.82, 2.24) is 10.2 Å². The summed E-state index contributed by atoms with van der Waals surface area (Å²) in [6.07, 6.45) is 3.30. The first-order valence-electron chi connectivity index (χ1n) is 8.05. The van der Waals surface area contributed by atoms with E-state index in [2.05, 4.69) is 10.2 Å². The number of hydrogen-bond acceptors (Lipinski definition) is 4. The number of nitrogens with one attached hydrogen (secondary N) is 1. The van der Waals surface area contributed by atoms with Crippen molar-refractivity contribution in [1.29, 1.82) is 0 Å². The van der Waals surface area contributed by atoms with Gasteiger partial charge < -0.3 is 19.7 Å². The molecule has 2 aliphatic heterocycles. The van der Waals surface area contributed by atoms with Gasteiger partial charge in [0, 0.05) is 31.3 Å². The van der Waals surface area contributed by atoms with Crippen LogP contribution in [0.4, 0.5) is 0 Å². The van der Waals surface area contributed by atoms with Gasteiger partial charge in [0.2, 0.25) is 0 Å². The van der Waals surface area contributed by atoms with Gasteiger partial charge in [-0.05, 0) is 50.1 Å². The minimum Gasteiger partial charge on any atom is -0.491 e. The van der Waals surface area contributed by atoms with Crippen molar-refractivity contribution in [2.45, 2.75) is 31.3 Å². The first-order valence-corrected chi connectivity index (χ1v) is 8.05. The molecule has 2 fully saturated rings. The van der Waals surface area contributed by atoms with Gasteiger partial charge in [-0.2, -0.15) is 0 Å². The molecule has 23 heavy (non-hydrogen) atoms. The molecule has 0 spiro atoms. The summed E-state index contributed by atoms with van der Waals surface area (Å²) >= 11 is 0. The summed E-state index contributed by atoms with van der Waals surface area (Å²) in [6.45, 7) is 3.01. The molecule has 0 radical (unpaired) electrons. The summed E-state index contributed by atoms with van der Waals surface area (Å²) in [7, 11) is 1.65. The summed E-state index contributed by atoms with van der Waals surface area (Å²) in [5.74, 6) is 0.925. The van der Waals surface area contributed by atoms with E-state index in [1.807, 2.05) is 24.3 Å². The third kappa shape index (κ3) is 4.16. The Kier molecular flexibility index (Phi) is 6.69. The van der Waals surface area contributed by atoms with E-state index >= 15 is 0 Å². The van der Waals surface area contributed by atoms with Gasteiger partial charge in [-0.15, -0.1) is 12.4 Å². The van der Waals surface area contributed by atoms with Crippen molar-refractivity contribution >= 4 is 18.3 Å². The van der Waals surface area contributed by atoms with E-state index in [1.165, 1.54) is 0 Å².